The van der Waals surface area contributed by atoms with Gasteiger partial charge in [-0.3, -0.25) is 4.79 Å². The standard InChI is InChI=1S/C25H23N5O2/c1-17-22(18(2)30-25(29-17)20(14-26)16-28-30)12-13-24(31)27-15-19-8-6-7-11-23(19)32-21-9-4-3-5-10-21/h3-11,16H,12-13,15H2,1-2H3,(H,27,31). The van der Waals surface area contributed by atoms with Gasteiger partial charge in [-0.2, -0.15) is 10.4 Å². The maximum Gasteiger partial charge on any atom is 0.220 e. The van der Waals surface area contributed by atoms with Gasteiger partial charge in [-0.05, 0) is 44.0 Å². The number of aromatic nitrogens is 3. The number of aryl methyl sites for hydroxylation is 2. The van der Waals surface area contributed by atoms with E-state index in [1.807, 2.05) is 68.4 Å². The zero-order valence-electron chi connectivity index (χ0n) is 18.0. The van der Waals surface area contributed by atoms with Crippen LogP contribution in [0.4, 0.5) is 0 Å². The highest BCUT2D eigenvalue weighted by atomic mass is 16.5. The number of carbonyl (C=O) groups excluding carboxylic acids is 1. The Labute approximate surface area is 186 Å². The number of ether oxygens (including phenoxy) is 1. The zero-order chi connectivity index (χ0) is 22.5. The van der Waals surface area contributed by atoms with Gasteiger partial charge in [-0.15, -0.1) is 0 Å². The summed E-state index contributed by atoms with van der Waals surface area (Å²) in [6.07, 6.45) is 2.37. The normalized spacial score (nSPS) is 10.7. The molecule has 1 N–H and O–H groups in total. The first-order valence-electron chi connectivity index (χ1n) is 10.4. The van der Waals surface area contributed by atoms with Gasteiger partial charge < -0.3 is 10.1 Å². The summed E-state index contributed by atoms with van der Waals surface area (Å²) in [6.45, 7) is 4.20. The average Bonchev–Trinajstić information content (AvgIpc) is 3.22. The molecule has 0 aliphatic carbocycles. The monoisotopic (exact) mass is 425 g/mol. The van der Waals surface area contributed by atoms with Crippen molar-refractivity contribution in [2.45, 2.75) is 33.2 Å². The molecule has 0 saturated carbocycles. The van der Waals surface area contributed by atoms with Crippen LogP contribution in [0.1, 0.15) is 34.5 Å². The lowest BCUT2D eigenvalue weighted by atomic mass is 10.1. The molecule has 0 aliphatic rings. The average molecular weight is 425 g/mol. The van der Waals surface area contributed by atoms with E-state index in [1.165, 1.54) is 6.20 Å². The lowest BCUT2D eigenvalue weighted by molar-refractivity contribution is -0.121. The predicted molar refractivity (Wildman–Crippen MR) is 120 cm³/mol. The summed E-state index contributed by atoms with van der Waals surface area (Å²) in [5.74, 6) is 1.40. The fourth-order valence-corrected chi connectivity index (χ4v) is 3.64. The number of amides is 1. The lowest BCUT2D eigenvalue weighted by Gasteiger charge is -2.13. The summed E-state index contributed by atoms with van der Waals surface area (Å²) in [5, 5.41) is 16.4. The Bertz CT molecular complexity index is 1310. The Kier molecular flexibility index (Phi) is 6.13. The summed E-state index contributed by atoms with van der Waals surface area (Å²) < 4.78 is 7.63. The second kappa shape index (κ2) is 9.31. The van der Waals surface area contributed by atoms with Crippen LogP contribution < -0.4 is 10.1 Å². The van der Waals surface area contributed by atoms with Crippen LogP contribution in [0.2, 0.25) is 0 Å². The number of fused-ring (bicyclic) bond motifs is 1. The second-order valence-corrected chi connectivity index (χ2v) is 7.47. The highest BCUT2D eigenvalue weighted by Crippen LogP contribution is 2.25. The van der Waals surface area contributed by atoms with Crippen LogP contribution >= 0.6 is 0 Å². The van der Waals surface area contributed by atoms with E-state index in [4.69, 9.17) is 4.74 Å². The molecule has 1 amide bonds. The van der Waals surface area contributed by atoms with Crippen molar-refractivity contribution in [1.29, 1.82) is 5.26 Å². The summed E-state index contributed by atoms with van der Waals surface area (Å²) in [4.78, 5) is 17.1. The van der Waals surface area contributed by atoms with Crippen molar-refractivity contribution in [3.63, 3.8) is 0 Å². The highest BCUT2D eigenvalue weighted by Gasteiger charge is 2.15. The Hall–Kier alpha value is -4.18. The minimum atomic E-state index is -0.0587. The molecule has 2 aromatic carbocycles. The summed E-state index contributed by atoms with van der Waals surface area (Å²) in [7, 11) is 0. The van der Waals surface area contributed by atoms with Gasteiger partial charge in [-0.1, -0.05) is 36.4 Å². The Morgan fingerprint density at radius 2 is 1.88 bits per heavy atom. The maximum atomic E-state index is 12.6. The number of para-hydroxylation sites is 2. The number of hydrogen-bond donors (Lipinski definition) is 1. The largest absolute Gasteiger partial charge is 0.457 e. The van der Waals surface area contributed by atoms with Crippen LogP contribution in [0.5, 0.6) is 11.5 Å². The van der Waals surface area contributed by atoms with Gasteiger partial charge in [0.2, 0.25) is 5.91 Å². The number of nitrogens with one attached hydrogen (secondary N) is 1. The molecular formula is C25H23N5O2. The summed E-state index contributed by atoms with van der Waals surface area (Å²) >= 11 is 0. The fraction of sp³-hybridized carbons (Fsp3) is 0.200. The smallest absolute Gasteiger partial charge is 0.220 e. The van der Waals surface area contributed by atoms with Gasteiger partial charge in [0.1, 0.15) is 23.1 Å². The van der Waals surface area contributed by atoms with E-state index in [0.29, 0.717) is 36.3 Å². The quantitative estimate of drug-likeness (QED) is 0.478. The third-order valence-corrected chi connectivity index (χ3v) is 5.35. The minimum Gasteiger partial charge on any atom is -0.457 e. The topological polar surface area (TPSA) is 92.3 Å². The van der Waals surface area contributed by atoms with E-state index in [9.17, 15) is 10.1 Å². The number of nitriles is 1. The van der Waals surface area contributed by atoms with E-state index in [0.717, 1.165) is 28.3 Å². The van der Waals surface area contributed by atoms with Crippen molar-refractivity contribution < 1.29 is 9.53 Å². The van der Waals surface area contributed by atoms with Crippen molar-refractivity contribution in [3.05, 3.63) is 88.9 Å². The lowest BCUT2D eigenvalue weighted by Crippen LogP contribution is -2.23. The van der Waals surface area contributed by atoms with Gasteiger partial charge in [0.25, 0.3) is 0 Å². The molecule has 0 unspecified atom stereocenters. The van der Waals surface area contributed by atoms with Crippen LogP contribution in [-0.4, -0.2) is 20.5 Å². The number of nitrogens with zero attached hydrogens (tertiary/aromatic N) is 4. The van der Waals surface area contributed by atoms with Crippen LogP contribution in [0.15, 0.2) is 60.8 Å². The van der Waals surface area contributed by atoms with E-state index >= 15 is 0 Å². The maximum absolute atomic E-state index is 12.6. The van der Waals surface area contributed by atoms with Crippen LogP contribution in [0, 0.1) is 25.2 Å². The molecule has 7 heteroatoms. The van der Waals surface area contributed by atoms with Gasteiger partial charge in [0, 0.05) is 29.9 Å². The van der Waals surface area contributed by atoms with Crippen molar-refractivity contribution in [3.8, 4) is 17.6 Å². The molecule has 0 spiro atoms. The molecule has 0 aliphatic heterocycles. The van der Waals surface area contributed by atoms with E-state index < -0.39 is 0 Å². The number of rotatable bonds is 7. The molecule has 0 bridgehead atoms. The van der Waals surface area contributed by atoms with E-state index in [1.54, 1.807) is 4.52 Å². The number of benzene rings is 2. The first-order valence-corrected chi connectivity index (χ1v) is 10.4. The number of hydrogen-bond acceptors (Lipinski definition) is 5. The van der Waals surface area contributed by atoms with Gasteiger partial charge >= 0.3 is 0 Å². The molecule has 0 radical (unpaired) electrons. The third-order valence-electron chi connectivity index (χ3n) is 5.35. The van der Waals surface area contributed by atoms with Crippen molar-refractivity contribution in [1.82, 2.24) is 19.9 Å². The van der Waals surface area contributed by atoms with Crippen LogP contribution in [-0.2, 0) is 17.8 Å². The predicted octanol–water partition coefficient (Wildman–Crippen LogP) is 4.26. The van der Waals surface area contributed by atoms with Crippen molar-refractivity contribution in [2.75, 3.05) is 0 Å². The molecule has 0 atom stereocenters. The third kappa shape index (κ3) is 4.44. The molecule has 0 saturated heterocycles. The minimum absolute atomic E-state index is 0.0587. The highest BCUT2D eigenvalue weighted by molar-refractivity contribution is 5.76. The molecule has 0 fully saturated rings. The Balaban J connectivity index is 1.40. The second-order valence-electron chi connectivity index (χ2n) is 7.47. The SMILES string of the molecule is Cc1nc2c(C#N)cnn2c(C)c1CCC(=O)NCc1ccccc1Oc1ccccc1. The van der Waals surface area contributed by atoms with Crippen molar-refractivity contribution >= 4 is 11.6 Å². The van der Waals surface area contributed by atoms with Crippen molar-refractivity contribution in [2.24, 2.45) is 0 Å². The molecule has 4 rings (SSSR count). The molecular weight excluding hydrogens is 402 g/mol. The fourth-order valence-electron chi connectivity index (χ4n) is 3.64. The van der Waals surface area contributed by atoms with Gasteiger partial charge in [0.05, 0.1) is 6.20 Å². The molecule has 4 aromatic rings. The zero-order valence-corrected chi connectivity index (χ0v) is 18.0. The molecule has 2 aromatic heterocycles. The van der Waals surface area contributed by atoms with E-state index in [2.05, 4.69) is 21.5 Å². The molecule has 2 heterocycles. The summed E-state index contributed by atoms with van der Waals surface area (Å²) in [5.41, 5.74) is 4.56. The molecule has 7 nitrogen and oxygen atoms in total. The summed E-state index contributed by atoms with van der Waals surface area (Å²) in [6, 6.07) is 19.3. The van der Waals surface area contributed by atoms with E-state index in [-0.39, 0.29) is 5.91 Å². The van der Waals surface area contributed by atoms with Crippen LogP contribution in [0.3, 0.4) is 0 Å². The molecule has 160 valence electrons. The number of carbonyl (C=O) groups is 1. The van der Waals surface area contributed by atoms with Gasteiger partial charge in [0.15, 0.2) is 5.65 Å². The molecule has 32 heavy (non-hydrogen) atoms. The first-order chi connectivity index (χ1) is 15.6. The Morgan fingerprint density at radius 1 is 1.12 bits per heavy atom. The first kappa shape index (κ1) is 21.1. The van der Waals surface area contributed by atoms with Crippen LogP contribution in [0.25, 0.3) is 5.65 Å². The Morgan fingerprint density at radius 3 is 2.66 bits per heavy atom. The van der Waals surface area contributed by atoms with Gasteiger partial charge in [-0.25, -0.2) is 9.50 Å².